The molecule has 2 heterocycles. The molecule has 174 valence electrons. The quantitative estimate of drug-likeness (QED) is 0.236. The number of fused-ring (bicyclic) bond motifs is 1. The Balaban J connectivity index is 1.48. The largest absolute Gasteiger partial charge is 0.465 e. The summed E-state index contributed by atoms with van der Waals surface area (Å²) in [5.74, 6) is 0.365. The Hall–Kier alpha value is -2.17. The van der Waals surface area contributed by atoms with E-state index in [0.29, 0.717) is 22.3 Å². The molecule has 10 heteroatoms. The standard InChI is InChI=1S/C23H25BrN4O3S2/c1-3-28-20(14-9-11-15(24)12-10-14)26-27-23(28)32-13-18(29)25-21-19(22(30)31-2)16-7-5-4-6-8-17(16)33-21/h9-12H,3-8,13H2,1-2H3,(H,25,29). The number of hydrogen-bond donors (Lipinski definition) is 1. The summed E-state index contributed by atoms with van der Waals surface area (Å²) in [6.07, 6.45) is 5.09. The molecule has 0 bridgehead atoms. The minimum Gasteiger partial charge on any atom is -0.465 e. The minimum absolute atomic E-state index is 0.168. The van der Waals surface area contributed by atoms with E-state index >= 15 is 0 Å². The third-order valence-corrected chi connectivity index (χ3v) is 8.23. The van der Waals surface area contributed by atoms with Crippen molar-refractivity contribution in [1.29, 1.82) is 0 Å². The number of rotatable bonds is 7. The molecule has 0 radical (unpaired) electrons. The highest BCUT2D eigenvalue weighted by molar-refractivity contribution is 9.10. The number of nitrogens with one attached hydrogen (secondary N) is 1. The fourth-order valence-corrected chi connectivity index (χ4v) is 6.29. The zero-order valence-electron chi connectivity index (χ0n) is 18.5. The number of hydrogen-bond acceptors (Lipinski definition) is 7. The SMILES string of the molecule is CCn1c(SCC(=O)Nc2sc3c(c2C(=O)OC)CCCCC3)nnc1-c1ccc(Br)cc1. The number of ether oxygens (including phenoxy) is 1. The number of anilines is 1. The van der Waals surface area contributed by atoms with Gasteiger partial charge >= 0.3 is 5.97 Å². The van der Waals surface area contributed by atoms with Gasteiger partial charge < -0.3 is 14.6 Å². The lowest BCUT2D eigenvalue weighted by molar-refractivity contribution is -0.113. The van der Waals surface area contributed by atoms with Gasteiger partial charge in [-0.25, -0.2) is 4.79 Å². The van der Waals surface area contributed by atoms with E-state index in [-0.39, 0.29) is 17.6 Å². The fourth-order valence-electron chi connectivity index (χ4n) is 3.93. The van der Waals surface area contributed by atoms with Crippen LogP contribution in [0.4, 0.5) is 5.00 Å². The van der Waals surface area contributed by atoms with Crippen molar-refractivity contribution in [2.45, 2.75) is 50.7 Å². The number of aryl methyl sites for hydroxylation is 1. The average Bonchev–Trinajstić information content (AvgIpc) is 3.30. The first-order valence-corrected chi connectivity index (χ1v) is 13.5. The Kier molecular flexibility index (Phi) is 7.87. The van der Waals surface area contributed by atoms with E-state index in [1.54, 1.807) is 0 Å². The normalized spacial score (nSPS) is 13.3. The number of benzene rings is 1. The lowest BCUT2D eigenvalue weighted by atomic mass is 10.1. The van der Waals surface area contributed by atoms with Crippen molar-refractivity contribution in [3.8, 4) is 11.4 Å². The van der Waals surface area contributed by atoms with Crippen LogP contribution >= 0.6 is 39.0 Å². The topological polar surface area (TPSA) is 86.1 Å². The number of amides is 1. The molecule has 0 saturated carbocycles. The van der Waals surface area contributed by atoms with E-state index in [2.05, 4.69) is 31.4 Å². The van der Waals surface area contributed by atoms with E-state index in [0.717, 1.165) is 53.5 Å². The highest BCUT2D eigenvalue weighted by Gasteiger charge is 2.26. The van der Waals surface area contributed by atoms with Crippen LogP contribution in [-0.4, -0.2) is 39.5 Å². The number of thioether (sulfide) groups is 1. The molecular formula is C23H25BrN4O3S2. The molecule has 0 unspecified atom stereocenters. The van der Waals surface area contributed by atoms with E-state index in [1.165, 1.54) is 35.1 Å². The summed E-state index contributed by atoms with van der Waals surface area (Å²) in [6, 6.07) is 7.89. The molecule has 0 fully saturated rings. The second-order valence-corrected chi connectivity index (χ2v) is 10.6. The van der Waals surface area contributed by atoms with Gasteiger partial charge in [0.2, 0.25) is 5.91 Å². The summed E-state index contributed by atoms with van der Waals surface area (Å²) in [5.41, 5.74) is 2.52. The van der Waals surface area contributed by atoms with Gasteiger partial charge in [-0.3, -0.25) is 4.79 Å². The van der Waals surface area contributed by atoms with Crippen LogP contribution in [0.2, 0.25) is 0 Å². The second-order valence-electron chi connectivity index (χ2n) is 7.65. The van der Waals surface area contributed by atoms with E-state index in [4.69, 9.17) is 4.74 Å². The Morgan fingerprint density at radius 1 is 1.18 bits per heavy atom. The molecule has 3 aromatic rings. The zero-order chi connectivity index (χ0) is 23.4. The molecule has 0 spiro atoms. The van der Waals surface area contributed by atoms with Gasteiger partial charge in [-0.1, -0.05) is 46.2 Å². The molecule has 2 aromatic heterocycles. The third-order valence-electron chi connectivity index (χ3n) is 5.53. The first-order chi connectivity index (χ1) is 16.0. The highest BCUT2D eigenvalue weighted by atomic mass is 79.9. The Bertz CT molecular complexity index is 1160. The monoisotopic (exact) mass is 548 g/mol. The van der Waals surface area contributed by atoms with Gasteiger partial charge in [-0.2, -0.15) is 0 Å². The van der Waals surface area contributed by atoms with Crippen molar-refractivity contribution in [3.05, 3.63) is 44.7 Å². The Morgan fingerprint density at radius 2 is 1.94 bits per heavy atom. The van der Waals surface area contributed by atoms with Crippen LogP contribution in [0.25, 0.3) is 11.4 Å². The van der Waals surface area contributed by atoms with Crippen molar-refractivity contribution in [2.24, 2.45) is 0 Å². The average molecular weight is 550 g/mol. The molecule has 33 heavy (non-hydrogen) atoms. The Morgan fingerprint density at radius 3 is 2.67 bits per heavy atom. The van der Waals surface area contributed by atoms with Crippen molar-refractivity contribution in [2.75, 3.05) is 18.2 Å². The molecule has 4 rings (SSSR count). The molecule has 0 atom stereocenters. The molecule has 0 aliphatic heterocycles. The lowest BCUT2D eigenvalue weighted by Crippen LogP contribution is -2.16. The van der Waals surface area contributed by atoms with Crippen LogP contribution in [0.1, 0.15) is 47.0 Å². The smallest absolute Gasteiger partial charge is 0.341 e. The maximum absolute atomic E-state index is 12.8. The molecule has 7 nitrogen and oxygen atoms in total. The number of methoxy groups -OCH3 is 1. The fraction of sp³-hybridized carbons (Fsp3) is 0.391. The summed E-state index contributed by atoms with van der Waals surface area (Å²) in [4.78, 5) is 26.5. The lowest BCUT2D eigenvalue weighted by Gasteiger charge is -2.09. The van der Waals surface area contributed by atoms with Gasteiger partial charge in [0, 0.05) is 21.5 Å². The summed E-state index contributed by atoms with van der Waals surface area (Å²) in [5, 5.41) is 12.9. The first kappa shape index (κ1) is 24.0. The van der Waals surface area contributed by atoms with E-state index < -0.39 is 0 Å². The summed E-state index contributed by atoms with van der Waals surface area (Å²) in [6.45, 7) is 2.71. The number of carbonyl (C=O) groups is 2. The molecule has 1 aliphatic carbocycles. The van der Waals surface area contributed by atoms with Crippen LogP contribution in [0, 0.1) is 0 Å². The molecule has 1 aromatic carbocycles. The molecule has 1 aliphatic rings. The highest BCUT2D eigenvalue weighted by Crippen LogP contribution is 2.38. The van der Waals surface area contributed by atoms with Crippen LogP contribution in [0.15, 0.2) is 33.9 Å². The van der Waals surface area contributed by atoms with Gasteiger partial charge in [0.1, 0.15) is 5.00 Å². The van der Waals surface area contributed by atoms with Gasteiger partial charge in [0.25, 0.3) is 0 Å². The van der Waals surface area contributed by atoms with Crippen molar-refractivity contribution in [3.63, 3.8) is 0 Å². The van der Waals surface area contributed by atoms with Crippen LogP contribution in [-0.2, 0) is 28.9 Å². The van der Waals surface area contributed by atoms with Crippen molar-refractivity contribution >= 4 is 55.9 Å². The number of nitrogens with zero attached hydrogens (tertiary/aromatic N) is 3. The summed E-state index contributed by atoms with van der Waals surface area (Å²) < 4.78 is 8.01. The number of halogens is 1. The number of esters is 1. The van der Waals surface area contributed by atoms with Crippen molar-refractivity contribution in [1.82, 2.24) is 14.8 Å². The minimum atomic E-state index is -0.387. The predicted molar refractivity (Wildman–Crippen MR) is 135 cm³/mol. The van der Waals surface area contributed by atoms with E-state index in [9.17, 15) is 9.59 Å². The maximum atomic E-state index is 12.8. The van der Waals surface area contributed by atoms with Gasteiger partial charge in [0.05, 0.1) is 18.4 Å². The first-order valence-electron chi connectivity index (χ1n) is 10.9. The maximum Gasteiger partial charge on any atom is 0.341 e. The second kappa shape index (κ2) is 10.8. The third kappa shape index (κ3) is 5.33. The number of aromatic nitrogens is 3. The summed E-state index contributed by atoms with van der Waals surface area (Å²) >= 11 is 6.28. The van der Waals surface area contributed by atoms with Crippen LogP contribution in [0.5, 0.6) is 0 Å². The number of thiophene rings is 1. The molecule has 1 amide bonds. The number of carbonyl (C=O) groups excluding carboxylic acids is 2. The van der Waals surface area contributed by atoms with Gasteiger partial charge in [-0.05, 0) is 50.3 Å². The van der Waals surface area contributed by atoms with Gasteiger partial charge in [-0.15, -0.1) is 21.5 Å². The summed E-state index contributed by atoms with van der Waals surface area (Å²) in [7, 11) is 1.38. The predicted octanol–water partition coefficient (Wildman–Crippen LogP) is 5.58. The van der Waals surface area contributed by atoms with Crippen molar-refractivity contribution < 1.29 is 14.3 Å². The van der Waals surface area contributed by atoms with E-state index in [1.807, 2.05) is 35.8 Å². The molecular weight excluding hydrogens is 524 g/mol. The van der Waals surface area contributed by atoms with Crippen LogP contribution < -0.4 is 5.32 Å². The van der Waals surface area contributed by atoms with Crippen LogP contribution in [0.3, 0.4) is 0 Å². The molecule has 0 saturated heterocycles. The molecule has 1 N–H and O–H groups in total. The Labute approximate surface area is 209 Å². The van der Waals surface area contributed by atoms with Gasteiger partial charge in [0.15, 0.2) is 11.0 Å². The zero-order valence-corrected chi connectivity index (χ0v) is 21.7.